The predicted molar refractivity (Wildman–Crippen MR) is 109 cm³/mol. The molecule has 1 aromatic rings. The third kappa shape index (κ3) is 5.96. The van der Waals surface area contributed by atoms with E-state index in [1.165, 1.54) is 20.0 Å². The van der Waals surface area contributed by atoms with Crippen molar-refractivity contribution in [1.29, 1.82) is 0 Å². The minimum absolute atomic E-state index is 0.267. The quantitative estimate of drug-likeness (QED) is 0.440. The lowest BCUT2D eigenvalue weighted by Gasteiger charge is -2.35. The van der Waals surface area contributed by atoms with Crippen LogP contribution in [-0.4, -0.2) is 69.5 Å². The molecule has 0 bridgehead atoms. The molecule has 2 aliphatic heterocycles. The van der Waals surface area contributed by atoms with E-state index in [1.807, 2.05) is 0 Å². The Morgan fingerprint density at radius 3 is 2.76 bits per heavy atom. The molecule has 162 valence electrons. The van der Waals surface area contributed by atoms with E-state index < -0.39 is 0 Å². The van der Waals surface area contributed by atoms with Crippen LogP contribution in [0.25, 0.3) is 0 Å². The maximum atomic E-state index is 11.7. The number of likely N-dealkylation sites (tertiary alicyclic amines) is 1. The van der Waals surface area contributed by atoms with Gasteiger partial charge in [0.05, 0.1) is 32.5 Å². The highest BCUT2D eigenvalue weighted by molar-refractivity contribution is 5.90. The van der Waals surface area contributed by atoms with Crippen LogP contribution in [0, 0.1) is 6.92 Å². The number of piperidine rings is 1. The highest BCUT2D eigenvalue weighted by Crippen LogP contribution is 2.19. The molecule has 2 fully saturated rings. The number of ether oxygens (including phenoxy) is 3. The van der Waals surface area contributed by atoms with Crippen molar-refractivity contribution < 1.29 is 23.4 Å². The van der Waals surface area contributed by atoms with E-state index in [0.717, 1.165) is 44.9 Å². The number of aryl methyl sites for hydroxylation is 1. The molecule has 0 radical (unpaired) electrons. The lowest BCUT2D eigenvalue weighted by Crippen LogP contribution is -2.47. The number of carbonyl (C=O) groups is 1. The average Bonchev–Trinajstić information content (AvgIpc) is 3.14. The van der Waals surface area contributed by atoms with E-state index in [4.69, 9.17) is 18.6 Å². The number of carbonyl (C=O) groups excluding carboxylic acids is 1. The maximum Gasteiger partial charge on any atom is 0.341 e. The van der Waals surface area contributed by atoms with E-state index in [2.05, 4.69) is 15.2 Å². The zero-order valence-corrected chi connectivity index (χ0v) is 17.7. The highest BCUT2D eigenvalue weighted by Gasteiger charge is 2.24. The van der Waals surface area contributed by atoms with E-state index in [0.29, 0.717) is 30.2 Å². The maximum absolute atomic E-state index is 11.7. The van der Waals surface area contributed by atoms with Gasteiger partial charge in [0.25, 0.3) is 0 Å². The second kappa shape index (κ2) is 10.6. The number of esters is 1. The summed E-state index contributed by atoms with van der Waals surface area (Å²) >= 11 is 0. The van der Waals surface area contributed by atoms with E-state index in [1.54, 1.807) is 20.0 Å². The molecule has 2 saturated heterocycles. The van der Waals surface area contributed by atoms with Gasteiger partial charge in [-0.2, -0.15) is 0 Å². The van der Waals surface area contributed by atoms with Gasteiger partial charge >= 0.3 is 5.97 Å². The van der Waals surface area contributed by atoms with E-state index in [-0.39, 0.29) is 18.2 Å². The van der Waals surface area contributed by atoms with Gasteiger partial charge in [0.15, 0.2) is 5.96 Å². The van der Waals surface area contributed by atoms with Crippen molar-refractivity contribution in [2.45, 2.75) is 57.8 Å². The SMILES string of the molecule is CN=C(NCc1cc(C(=O)OC)c(C)o1)N1CCC(OCC2CCCCO2)CC1. The Balaban J connectivity index is 1.42. The van der Waals surface area contributed by atoms with Crippen LogP contribution in [0.15, 0.2) is 15.5 Å². The average molecular weight is 408 g/mol. The van der Waals surface area contributed by atoms with Crippen LogP contribution in [0.3, 0.4) is 0 Å². The number of methoxy groups -OCH3 is 1. The molecule has 0 aromatic carbocycles. The number of hydrogen-bond acceptors (Lipinski definition) is 6. The fourth-order valence-electron chi connectivity index (χ4n) is 3.86. The summed E-state index contributed by atoms with van der Waals surface area (Å²) in [6, 6.07) is 1.72. The van der Waals surface area contributed by atoms with Gasteiger partial charge in [0.2, 0.25) is 0 Å². The number of hydrogen-bond donors (Lipinski definition) is 1. The summed E-state index contributed by atoms with van der Waals surface area (Å²) in [6.45, 7) is 5.57. The summed E-state index contributed by atoms with van der Waals surface area (Å²) in [4.78, 5) is 18.3. The number of nitrogens with one attached hydrogen (secondary N) is 1. The first-order valence-electron chi connectivity index (χ1n) is 10.5. The molecule has 0 aliphatic carbocycles. The van der Waals surface area contributed by atoms with Crippen molar-refractivity contribution in [1.82, 2.24) is 10.2 Å². The Hall–Kier alpha value is -2.06. The summed E-state index contributed by atoms with van der Waals surface area (Å²) < 4.78 is 22.3. The van der Waals surface area contributed by atoms with Crippen LogP contribution < -0.4 is 5.32 Å². The number of nitrogens with zero attached hydrogens (tertiary/aromatic N) is 2. The van der Waals surface area contributed by atoms with E-state index >= 15 is 0 Å². The summed E-state index contributed by atoms with van der Waals surface area (Å²) in [5.41, 5.74) is 0.458. The van der Waals surface area contributed by atoms with Crippen molar-refractivity contribution in [3.8, 4) is 0 Å². The van der Waals surface area contributed by atoms with Gasteiger partial charge in [-0.1, -0.05) is 0 Å². The molecule has 29 heavy (non-hydrogen) atoms. The molecule has 1 N–H and O–H groups in total. The summed E-state index contributed by atoms with van der Waals surface area (Å²) in [6.07, 6.45) is 6.01. The van der Waals surface area contributed by atoms with Crippen LogP contribution in [0.4, 0.5) is 0 Å². The lowest BCUT2D eigenvalue weighted by atomic mass is 10.1. The third-order valence-electron chi connectivity index (χ3n) is 5.54. The first-order valence-corrected chi connectivity index (χ1v) is 10.5. The highest BCUT2D eigenvalue weighted by atomic mass is 16.5. The van der Waals surface area contributed by atoms with Crippen molar-refractivity contribution in [3.05, 3.63) is 23.2 Å². The largest absolute Gasteiger partial charge is 0.465 e. The third-order valence-corrected chi connectivity index (χ3v) is 5.54. The Labute approximate surface area is 172 Å². The zero-order chi connectivity index (χ0) is 20.6. The van der Waals surface area contributed by atoms with Crippen molar-refractivity contribution in [3.63, 3.8) is 0 Å². The molecule has 0 spiro atoms. The van der Waals surface area contributed by atoms with Crippen LogP contribution >= 0.6 is 0 Å². The minimum Gasteiger partial charge on any atom is -0.465 e. The van der Waals surface area contributed by atoms with Gasteiger partial charge in [-0.25, -0.2) is 4.79 Å². The number of aliphatic imine (C=N–C) groups is 1. The van der Waals surface area contributed by atoms with Crippen LogP contribution in [-0.2, 0) is 20.8 Å². The van der Waals surface area contributed by atoms with Crippen LogP contribution in [0.1, 0.15) is 54.0 Å². The summed E-state index contributed by atoms with van der Waals surface area (Å²) in [5, 5.41) is 3.32. The predicted octanol–water partition coefficient (Wildman–Crippen LogP) is 2.50. The smallest absolute Gasteiger partial charge is 0.341 e. The van der Waals surface area contributed by atoms with Crippen molar-refractivity contribution in [2.75, 3.05) is 40.5 Å². The van der Waals surface area contributed by atoms with Crippen molar-refractivity contribution in [2.24, 2.45) is 4.99 Å². The summed E-state index contributed by atoms with van der Waals surface area (Å²) in [5.74, 6) is 1.67. The molecule has 3 heterocycles. The van der Waals surface area contributed by atoms with Gasteiger partial charge in [0, 0.05) is 26.7 Å². The fraction of sp³-hybridized carbons (Fsp3) is 0.714. The van der Waals surface area contributed by atoms with Crippen LogP contribution in [0.5, 0.6) is 0 Å². The molecule has 8 nitrogen and oxygen atoms in total. The number of furan rings is 1. The molecule has 1 aromatic heterocycles. The van der Waals surface area contributed by atoms with Gasteiger partial charge < -0.3 is 28.8 Å². The Morgan fingerprint density at radius 2 is 2.10 bits per heavy atom. The Morgan fingerprint density at radius 1 is 1.31 bits per heavy atom. The monoisotopic (exact) mass is 407 g/mol. The standard InChI is InChI=1S/C21H33N3O5/c1-15-19(20(25)26-3)12-18(29-15)13-23-21(22-2)24-9-7-16(8-10-24)28-14-17-6-4-5-11-27-17/h12,16-17H,4-11,13-14H2,1-3H3,(H,22,23). The molecule has 0 saturated carbocycles. The van der Waals surface area contributed by atoms with Gasteiger partial charge in [-0.05, 0) is 45.1 Å². The summed E-state index contributed by atoms with van der Waals surface area (Å²) in [7, 11) is 3.14. The Bertz CT molecular complexity index is 688. The van der Waals surface area contributed by atoms with Crippen molar-refractivity contribution >= 4 is 11.9 Å². The molecule has 1 atom stereocenters. The molecular formula is C21H33N3O5. The normalized spacial score (nSPS) is 21.3. The molecule has 3 rings (SSSR count). The van der Waals surface area contributed by atoms with Gasteiger partial charge in [-0.15, -0.1) is 0 Å². The zero-order valence-electron chi connectivity index (χ0n) is 17.7. The first kappa shape index (κ1) is 21.6. The molecule has 2 aliphatic rings. The van der Waals surface area contributed by atoms with Crippen LogP contribution in [0.2, 0.25) is 0 Å². The molecule has 8 heteroatoms. The lowest BCUT2D eigenvalue weighted by molar-refractivity contribution is -0.0721. The number of guanidine groups is 1. The van der Waals surface area contributed by atoms with E-state index in [9.17, 15) is 4.79 Å². The second-order valence-corrected chi connectivity index (χ2v) is 7.58. The first-order chi connectivity index (χ1) is 14.1. The fourth-order valence-corrected chi connectivity index (χ4v) is 3.86. The van der Waals surface area contributed by atoms with Gasteiger partial charge in [-0.3, -0.25) is 4.99 Å². The molecular weight excluding hydrogens is 374 g/mol. The second-order valence-electron chi connectivity index (χ2n) is 7.58. The minimum atomic E-state index is -0.386. The molecule has 0 amide bonds. The number of rotatable bonds is 6. The molecule has 1 unspecified atom stereocenters. The topological polar surface area (TPSA) is 85.5 Å². The Kier molecular flexibility index (Phi) is 7.94. The van der Waals surface area contributed by atoms with Gasteiger partial charge in [0.1, 0.15) is 17.1 Å².